The molecule has 11 heteroatoms. The maximum atomic E-state index is 13.3. The zero-order chi connectivity index (χ0) is 27.2. The van der Waals surface area contributed by atoms with Crippen molar-refractivity contribution in [3.05, 3.63) is 64.0 Å². The highest BCUT2D eigenvalue weighted by Crippen LogP contribution is 2.28. The van der Waals surface area contributed by atoms with E-state index >= 15 is 0 Å². The summed E-state index contributed by atoms with van der Waals surface area (Å²) in [6, 6.07) is 7.40. The Kier molecular flexibility index (Phi) is 8.57. The Bertz CT molecular complexity index is 1350. The van der Waals surface area contributed by atoms with Crippen molar-refractivity contribution in [2.24, 2.45) is 0 Å². The lowest BCUT2D eigenvalue weighted by Gasteiger charge is -2.34. The van der Waals surface area contributed by atoms with Crippen LogP contribution in [0.2, 0.25) is 0 Å². The first kappa shape index (κ1) is 27.1. The van der Waals surface area contributed by atoms with E-state index in [4.69, 9.17) is 0 Å². The van der Waals surface area contributed by atoms with Crippen LogP contribution in [0.1, 0.15) is 42.2 Å². The number of amides is 2. The molecule has 1 saturated heterocycles. The van der Waals surface area contributed by atoms with Gasteiger partial charge in [-0.2, -0.15) is 0 Å². The number of benzene rings is 1. The number of likely N-dealkylation sites (N-methyl/N-ethyl adjacent to an activating group) is 1. The number of hydrogen-bond donors (Lipinski definition) is 2. The van der Waals surface area contributed by atoms with Crippen molar-refractivity contribution < 1.29 is 19.1 Å². The van der Waals surface area contributed by atoms with E-state index in [1.807, 2.05) is 13.1 Å². The fourth-order valence-corrected chi connectivity index (χ4v) is 4.44. The molecular weight excluding hydrogens is 491 g/mol. The summed E-state index contributed by atoms with van der Waals surface area (Å²) < 4.78 is 14.4. The molecule has 1 aliphatic rings. The lowest BCUT2D eigenvalue weighted by atomic mass is 10.2. The Morgan fingerprint density at radius 2 is 1.89 bits per heavy atom. The lowest BCUT2D eigenvalue weighted by Crippen LogP contribution is -2.44. The van der Waals surface area contributed by atoms with E-state index < -0.39 is 28.7 Å². The van der Waals surface area contributed by atoms with Gasteiger partial charge in [0.1, 0.15) is 5.82 Å². The second kappa shape index (κ2) is 12.0. The summed E-state index contributed by atoms with van der Waals surface area (Å²) in [5.74, 6) is -1.95. The number of anilines is 2. The number of nitrogens with zero attached hydrogens (tertiary/aromatic N) is 5. The SMILES string of the molecule is CCCCCN(C=O)c1cc(N2CCN(C)CC2)cn2c(=O)c(O)c(C(=O)NCc3ccc(F)cc3)nc12. The maximum absolute atomic E-state index is 13.3. The lowest BCUT2D eigenvalue weighted by molar-refractivity contribution is -0.107. The number of piperazine rings is 1. The summed E-state index contributed by atoms with van der Waals surface area (Å²) in [4.78, 5) is 48.6. The molecule has 0 saturated carbocycles. The monoisotopic (exact) mass is 524 g/mol. The van der Waals surface area contributed by atoms with E-state index in [1.165, 1.54) is 33.6 Å². The van der Waals surface area contributed by atoms with E-state index in [9.17, 15) is 23.9 Å². The molecule has 1 fully saturated rings. The number of aromatic nitrogens is 2. The van der Waals surface area contributed by atoms with Crippen LogP contribution in [-0.2, 0) is 11.3 Å². The van der Waals surface area contributed by atoms with Crippen molar-refractivity contribution >= 4 is 29.3 Å². The van der Waals surface area contributed by atoms with E-state index in [-0.39, 0.29) is 12.2 Å². The molecule has 0 unspecified atom stereocenters. The first-order valence-electron chi connectivity index (χ1n) is 12.8. The van der Waals surface area contributed by atoms with Crippen molar-refractivity contribution in [1.29, 1.82) is 0 Å². The molecular formula is C27H33FN6O4. The summed E-state index contributed by atoms with van der Waals surface area (Å²) in [6.45, 7) is 5.68. The minimum Gasteiger partial charge on any atom is -0.501 e. The van der Waals surface area contributed by atoms with Gasteiger partial charge < -0.3 is 25.1 Å². The highest BCUT2D eigenvalue weighted by molar-refractivity contribution is 5.96. The van der Waals surface area contributed by atoms with Crippen LogP contribution in [0.25, 0.3) is 5.65 Å². The number of fused-ring (bicyclic) bond motifs is 1. The highest BCUT2D eigenvalue weighted by Gasteiger charge is 2.24. The largest absolute Gasteiger partial charge is 0.501 e. The van der Waals surface area contributed by atoms with Crippen LogP contribution in [0.5, 0.6) is 5.75 Å². The van der Waals surface area contributed by atoms with E-state index in [2.05, 4.69) is 27.0 Å². The first-order chi connectivity index (χ1) is 18.3. The predicted molar refractivity (Wildman–Crippen MR) is 143 cm³/mol. The third kappa shape index (κ3) is 5.94. The van der Waals surface area contributed by atoms with Crippen LogP contribution in [0.15, 0.2) is 41.3 Å². The number of unbranched alkanes of at least 4 members (excludes halogenated alkanes) is 2. The number of carbonyl (C=O) groups is 2. The Labute approximate surface area is 220 Å². The van der Waals surface area contributed by atoms with Gasteiger partial charge in [0, 0.05) is 45.5 Å². The third-order valence-corrected chi connectivity index (χ3v) is 6.76. The number of rotatable bonds is 10. The molecule has 1 aliphatic heterocycles. The highest BCUT2D eigenvalue weighted by atomic mass is 19.1. The van der Waals surface area contributed by atoms with Gasteiger partial charge in [0.05, 0.1) is 11.4 Å². The van der Waals surface area contributed by atoms with Crippen molar-refractivity contribution in [1.82, 2.24) is 19.6 Å². The van der Waals surface area contributed by atoms with Crippen LogP contribution < -0.4 is 20.7 Å². The molecule has 0 bridgehead atoms. The predicted octanol–water partition coefficient (Wildman–Crippen LogP) is 2.37. The van der Waals surface area contributed by atoms with Crippen molar-refractivity contribution in [2.45, 2.75) is 32.7 Å². The number of aromatic hydroxyl groups is 1. The number of pyridine rings is 1. The second-order valence-electron chi connectivity index (χ2n) is 9.50. The molecule has 1 aromatic carbocycles. The van der Waals surface area contributed by atoms with Crippen LogP contribution in [0.3, 0.4) is 0 Å². The summed E-state index contributed by atoms with van der Waals surface area (Å²) in [6.07, 6.45) is 4.94. The number of nitrogens with one attached hydrogen (secondary N) is 1. The van der Waals surface area contributed by atoms with Gasteiger partial charge in [0.15, 0.2) is 11.3 Å². The fraction of sp³-hybridized carbons (Fsp3) is 0.407. The minimum absolute atomic E-state index is 0.0479. The second-order valence-corrected chi connectivity index (χ2v) is 9.50. The Morgan fingerprint density at radius 1 is 1.18 bits per heavy atom. The normalized spacial score (nSPS) is 14.0. The molecule has 3 aromatic rings. The van der Waals surface area contributed by atoms with Gasteiger partial charge >= 0.3 is 5.56 Å². The van der Waals surface area contributed by atoms with Gasteiger partial charge in [-0.05, 0) is 37.2 Å². The zero-order valence-electron chi connectivity index (χ0n) is 21.7. The molecule has 0 spiro atoms. The maximum Gasteiger partial charge on any atom is 0.301 e. The van der Waals surface area contributed by atoms with Gasteiger partial charge in [-0.15, -0.1) is 0 Å². The molecule has 2 aromatic heterocycles. The van der Waals surface area contributed by atoms with Crippen LogP contribution >= 0.6 is 0 Å². The molecule has 2 amide bonds. The average Bonchev–Trinajstić information content (AvgIpc) is 2.92. The molecule has 2 N–H and O–H groups in total. The van der Waals surface area contributed by atoms with Crippen LogP contribution in [0, 0.1) is 5.82 Å². The van der Waals surface area contributed by atoms with Crippen LogP contribution in [0.4, 0.5) is 15.8 Å². The Morgan fingerprint density at radius 3 is 2.55 bits per heavy atom. The standard InChI is InChI=1S/C27H33FN6O4/c1-3-4-5-10-33(18-35)22-15-21(32-13-11-31(2)12-14-32)17-34-25(22)30-23(24(36)27(34)38)26(37)29-16-19-6-8-20(28)9-7-19/h6-9,15,17-18,36H,3-5,10-14,16H2,1-2H3,(H,29,37). The molecule has 10 nitrogen and oxygen atoms in total. The van der Waals surface area contributed by atoms with Crippen molar-refractivity contribution in [3.8, 4) is 5.75 Å². The molecule has 202 valence electrons. The van der Waals surface area contributed by atoms with Gasteiger partial charge in [-0.25, -0.2) is 9.37 Å². The number of carbonyl (C=O) groups excluding carboxylic acids is 2. The molecule has 0 aliphatic carbocycles. The third-order valence-electron chi connectivity index (χ3n) is 6.76. The van der Waals surface area contributed by atoms with Crippen LogP contribution in [-0.4, -0.2) is 71.5 Å². The molecule has 0 radical (unpaired) electrons. The quantitative estimate of drug-likeness (QED) is 0.310. The Hall–Kier alpha value is -3.99. The summed E-state index contributed by atoms with van der Waals surface area (Å²) in [5, 5.41) is 13.3. The molecule has 3 heterocycles. The van der Waals surface area contributed by atoms with Gasteiger partial charge in [-0.1, -0.05) is 31.9 Å². The van der Waals surface area contributed by atoms with E-state index in [0.29, 0.717) is 24.2 Å². The average molecular weight is 525 g/mol. The number of hydrogen-bond acceptors (Lipinski definition) is 7. The number of halogens is 1. The first-order valence-corrected chi connectivity index (χ1v) is 12.8. The molecule has 0 atom stereocenters. The van der Waals surface area contributed by atoms with E-state index in [1.54, 1.807) is 6.20 Å². The Balaban J connectivity index is 1.75. The van der Waals surface area contributed by atoms with E-state index in [0.717, 1.165) is 51.1 Å². The zero-order valence-corrected chi connectivity index (χ0v) is 21.7. The van der Waals surface area contributed by atoms with Crippen molar-refractivity contribution in [2.75, 3.05) is 49.6 Å². The van der Waals surface area contributed by atoms with Gasteiger partial charge in [0.25, 0.3) is 5.91 Å². The molecule has 4 rings (SSSR count). The van der Waals surface area contributed by atoms with Gasteiger partial charge in [0.2, 0.25) is 12.2 Å². The minimum atomic E-state index is -0.807. The molecule has 38 heavy (non-hydrogen) atoms. The fourth-order valence-electron chi connectivity index (χ4n) is 4.44. The van der Waals surface area contributed by atoms with Crippen molar-refractivity contribution in [3.63, 3.8) is 0 Å². The van der Waals surface area contributed by atoms with Gasteiger partial charge in [-0.3, -0.25) is 18.8 Å². The summed E-state index contributed by atoms with van der Waals surface area (Å²) in [5.41, 5.74) is 0.596. The topological polar surface area (TPSA) is 110 Å². The smallest absolute Gasteiger partial charge is 0.301 e. The summed E-state index contributed by atoms with van der Waals surface area (Å²) in [7, 11) is 2.04. The summed E-state index contributed by atoms with van der Waals surface area (Å²) >= 11 is 0.